The van der Waals surface area contributed by atoms with Crippen LogP contribution >= 0.6 is 0 Å². The number of imidazole rings is 1. The van der Waals surface area contributed by atoms with Gasteiger partial charge in [-0.25, -0.2) is 9.97 Å². The van der Waals surface area contributed by atoms with Gasteiger partial charge in [-0.2, -0.15) is 0 Å². The van der Waals surface area contributed by atoms with Crippen LogP contribution in [0.5, 0.6) is 0 Å². The summed E-state index contributed by atoms with van der Waals surface area (Å²) in [5.41, 5.74) is 12.3. The summed E-state index contributed by atoms with van der Waals surface area (Å²) in [5.74, 6) is 1.43. The van der Waals surface area contributed by atoms with Crippen molar-refractivity contribution in [1.82, 2.24) is 19.9 Å². The number of hydrogen-bond donors (Lipinski definition) is 2. The van der Waals surface area contributed by atoms with E-state index in [-0.39, 0.29) is 5.91 Å². The average Bonchev–Trinajstić information content (AvgIpc) is 3.13. The lowest BCUT2D eigenvalue weighted by Crippen LogP contribution is -2.22. The predicted molar refractivity (Wildman–Crippen MR) is 130 cm³/mol. The molecule has 6 nitrogen and oxygen atoms in total. The molecule has 0 aliphatic heterocycles. The number of pyridine rings is 1. The van der Waals surface area contributed by atoms with E-state index in [9.17, 15) is 4.79 Å². The minimum atomic E-state index is 0.0777. The first-order chi connectivity index (χ1) is 15.5. The molecule has 4 aromatic rings. The fourth-order valence-corrected chi connectivity index (χ4v) is 3.85. The first-order valence-corrected chi connectivity index (χ1v) is 10.9. The van der Waals surface area contributed by atoms with Crippen molar-refractivity contribution in [2.45, 2.75) is 46.7 Å². The zero-order valence-electron chi connectivity index (χ0n) is 18.9. The van der Waals surface area contributed by atoms with Gasteiger partial charge in [0.05, 0.1) is 11.0 Å². The number of allylic oxidation sites excluding steroid dienone is 2. The summed E-state index contributed by atoms with van der Waals surface area (Å²) >= 11 is 0. The van der Waals surface area contributed by atoms with Crippen LogP contribution in [-0.4, -0.2) is 20.4 Å². The topological polar surface area (TPSA) is 85.8 Å². The molecule has 0 saturated heterocycles. The summed E-state index contributed by atoms with van der Waals surface area (Å²) in [7, 11) is 0. The van der Waals surface area contributed by atoms with E-state index >= 15 is 0 Å². The molecule has 1 amide bonds. The first kappa shape index (κ1) is 21.6. The smallest absolute Gasteiger partial charge is 0.220 e. The number of nitrogens with zero attached hydrogens (tertiary/aromatic N) is 3. The monoisotopic (exact) mass is 427 g/mol. The molecule has 0 saturated carbocycles. The summed E-state index contributed by atoms with van der Waals surface area (Å²) in [5, 5.41) is 4.05. The average molecular weight is 428 g/mol. The molecule has 2 aromatic carbocycles. The maximum atomic E-state index is 12.0. The van der Waals surface area contributed by atoms with E-state index < -0.39 is 0 Å². The normalized spacial score (nSPS) is 11.9. The SMILES string of the molecule is C/C=C(\C)CCC(=O)NCc1ccc(Cn2c(C)nc3c(N)nc4ccccc4c32)cc1. The molecule has 3 N–H and O–H groups in total. The molecule has 0 unspecified atom stereocenters. The highest BCUT2D eigenvalue weighted by molar-refractivity contribution is 6.06. The van der Waals surface area contributed by atoms with Crippen molar-refractivity contribution < 1.29 is 4.79 Å². The standard InChI is InChI=1S/C26H29N5O/c1-4-17(2)9-14-23(32)28-15-19-10-12-20(13-11-19)16-31-18(3)29-24-25(31)21-7-5-6-8-22(21)30-26(24)27/h4-8,10-13H,9,14-16H2,1-3H3,(H2,27,30)(H,28,32)/b17-4+. The summed E-state index contributed by atoms with van der Waals surface area (Å²) < 4.78 is 2.19. The van der Waals surface area contributed by atoms with Crippen LogP contribution in [0.2, 0.25) is 0 Å². The number of aryl methyl sites for hydroxylation is 1. The molecular formula is C26H29N5O. The molecule has 2 heterocycles. The highest BCUT2D eigenvalue weighted by Crippen LogP contribution is 2.29. The van der Waals surface area contributed by atoms with Gasteiger partial charge in [0, 0.05) is 24.9 Å². The van der Waals surface area contributed by atoms with Crippen molar-refractivity contribution in [3.63, 3.8) is 0 Å². The van der Waals surface area contributed by atoms with E-state index in [1.807, 2.05) is 45.0 Å². The molecule has 0 aliphatic carbocycles. The van der Waals surface area contributed by atoms with Crippen molar-refractivity contribution in [2.75, 3.05) is 5.73 Å². The minimum Gasteiger partial charge on any atom is -0.382 e. The molecule has 0 spiro atoms. The third kappa shape index (κ3) is 4.49. The molecule has 0 bridgehead atoms. The van der Waals surface area contributed by atoms with Gasteiger partial charge in [-0.15, -0.1) is 0 Å². The summed E-state index contributed by atoms with van der Waals surface area (Å²) in [6.07, 6.45) is 3.37. The van der Waals surface area contributed by atoms with Gasteiger partial charge >= 0.3 is 0 Å². The summed E-state index contributed by atoms with van der Waals surface area (Å²) in [4.78, 5) is 21.2. The number of nitrogen functional groups attached to an aromatic ring is 1. The molecule has 0 atom stereocenters. The number of para-hydroxylation sites is 1. The molecule has 164 valence electrons. The number of carbonyl (C=O) groups is 1. The van der Waals surface area contributed by atoms with Crippen LogP contribution in [0, 0.1) is 6.92 Å². The van der Waals surface area contributed by atoms with Crippen molar-refractivity contribution >= 4 is 33.7 Å². The van der Waals surface area contributed by atoms with Crippen LogP contribution in [0.3, 0.4) is 0 Å². The number of anilines is 1. The lowest BCUT2D eigenvalue weighted by Gasteiger charge is -2.11. The van der Waals surface area contributed by atoms with E-state index in [1.165, 1.54) is 5.57 Å². The molecule has 6 heteroatoms. The van der Waals surface area contributed by atoms with Gasteiger partial charge < -0.3 is 15.6 Å². The Bertz CT molecular complexity index is 1300. The number of hydrogen-bond acceptors (Lipinski definition) is 4. The number of rotatable bonds is 7. The van der Waals surface area contributed by atoms with Gasteiger partial charge in [-0.1, -0.05) is 54.1 Å². The van der Waals surface area contributed by atoms with Crippen LogP contribution in [0.25, 0.3) is 21.9 Å². The third-order valence-electron chi connectivity index (χ3n) is 5.89. The fraction of sp³-hybridized carbons (Fsp3) is 0.269. The number of nitrogens with one attached hydrogen (secondary N) is 1. The van der Waals surface area contributed by atoms with Gasteiger partial charge in [0.15, 0.2) is 5.82 Å². The number of fused-ring (bicyclic) bond motifs is 3. The Kier molecular flexibility index (Phi) is 6.21. The van der Waals surface area contributed by atoms with E-state index in [2.05, 4.69) is 50.2 Å². The van der Waals surface area contributed by atoms with Gasteiger partial charge in [0.25, 0.3) is 0 Å². The highest BCUT2D eigenvalue weighted by atomic mass is 16.1. The van der Waals surface area contributed by atoms with Crippen molar-refractivity contribution in [3.05, 3.63) is 77.1 Å². The zero-order valence-corrected chi connectivity index (χ0v) is 18.9. The molecule has 0 fully saturated rings. The summed E-state index contributed by atoms with van der Waals surface area (Å²) in [6.45, 7) is 7.26. The van der Waals surface area contributed by atoms with Gasteiger partial charge in [-0.3, -0.25) is 4.79 Å². The second-order valence-corrected chi connectivity index (χ2v) is 8.18. The van der Waals surface area contributed by atoms with E-state index in [4.69, 9.17) is 5.73 Å². The molecule has 32 heavy (non-hydrogen) atoms. The largest absolute Gasteiger partial charge is 0.382 e. The third-order valence-corrected chi connectivity index (χ3v) is 5.89. The molecule has 0 aliphatic rings. The lowest BCUT2D eigenvalue weighted by molar-refractivity contribution is -0.121. The van der Waals surface area contributed by atoms with Crippen LogP contribution < -0.4 is 11.1 Å². The van der Waals surface area contributed by atoms with Crippen LogP contribution in [0.1, 0.15) is 43.6 Å². The molecular weight excluding hydrogens is 398 g/mol. The second-order valence-electron chi connectivity index (χ2n) is 8.18. The molecule has 0 radical (unpaired) electrons. The maximum Gasteiger partial charge on any atom is 0.220 e. The van der Waals surface area contributed by atoms with Crippen LogP contribution in [-0.2, 0) is 17.9 Å². The molecule has 4 rings (SSSR count). The Balaban J connectivity index is 1.51. The minimum absolute atomic E-state index is 0.0777. The number of amides is 1. The Morgan fingerprint density at radius 2 is 1.78 bits per heavy atom. The Hall–Kier alpha value is -3.67. The Morgan fingerprint density at radius 1 is 1.06 bits per heavy atom. The van der Waals surface area contributed by atoms with E-state index in [0.717, 1.165) is 45.3 Å². The fourth-order valence-electron chi connectivity index (χ4n) is 3.85. The van der Waals surface area contributed by atoms with Crippen molar-refractivity contribution in [3.8, 4) is 0 Å². The number of carbonyl (C=O) groups excluding carboxylic acids is 1. The van der Waals surface area contributed by atoms with Crippen molar-refractivity contribution in [2.24, 2.45) is 0 Å². The lowest BCUT2D eigenvalue weighted by atomic mass is 10.1. The second kappa shape index (κ2) is 9.22. The molecule has 2 aromatic heterocycles. The Morgan fingerprint density at radius 3 is 2.53 bits per heavy atom. The quantitative estimate of drug-likeness (QED) is 0.411. The Labute approximate surface area is 188 Å². The van der Waals surface area contributed by atoms with Crippen molar-refractivity contribution in [1.29, 1.82) is 0 Å². The number of aromatic nitrogens is 3. The predicted octanol–water partition coefficient (Wildman–Crippen LogP) is 4.89. The number of nitrogens with two attached hydrogens (primary N) is 1. The maximum absolute atomic E-state index is 12.0. The van der Waals surface area contributed by atoms with Gasteiger partial charge in [0.2, 0.25) is 5.91 Å². The van der Waals surface area contributed by atoms with E-state index in [1.54, 1.807) is 0 Å². The number of benzene rings is 2. The van der Waals surface area contributed by atoms with Crippen LogP contribution in [0.15, 0.2) is 60.2 Å². The van der Waals surface area contributed by atoms with Gasteiger partial charge in [0.1, 0.15) is 11.3 Å². The zero-order chi connectivity index (χ0) is 22.7. The van der Waals surface area contributed by atoms with Crippen LogP contribution in [0.4, 0.5) is 5.82 Å². The van der Waals surface area contributed by atoms with E-state index in [0.29, 0.717) is 25.3 Å². The summed E-state index contributed by atoms with van der Waals surface area (Å²) in [6, 6.07) is 16.3. The first-order valence-electron chi connectivity index (χ1n) is 10.9. The van der Waals surface area contributed by atoms with Gasteiger partial charge in [-0.05, 0) is 44.4 Å². The highest BCUT2D eigenvalue weighted by Gasteiger charge is 2.15.